The van der Waals surface area contributed by atoms with Crippen molar-refractivity contribution in [2.75, 3.05) is 11.4 Å². The fourth-order valence-corrected chi connectivity index (χ4v) is 2.49. The Morgan fingerprint density at radius 2 is 1.73 bits per heavy atom. The van der Waals surface area contributed by atoms with E-state index in [0.717, 1.165) is 18.7 Å². The van der Waals surface area contributed by atoms with Gasteiger partial charge in [0, 0.05) is 23.7 Å². The van der Waals surface area contributed by atoms with Crippen molar-refractivity contribution in [3.05, 3.63) is 59.1 Å². The van der Waals surface area contributed by atoms with E-state index in [0.29, 0.717) is 22.8 Å². The van der Waals surface area contributed by atoms with Gasteiger partial charge in [0.25, 0.3) is 0 Å². The van der Waals surface area contributed by atoms with E-state index in [4.69, 9.17) is 16.3 Å². The minimum absolute atomic E-state index is 0.130. The molecule has 2 aromatic carbocycles. The van der Waals surface area contributed by atoms with Gasteiger partial charge in [-0.3, -0.25) is 4.79 Å². The smallest absolute Gasteiger partial charge is 0.343 e. The maximum absolute atomic E-state index is 12.0. The first-order valence-corrected chi connectivity index (χ1v) is 7.39. The van der Waals surface area contributed by atoms with E-state index in [1.807, 2.05) is 0 Å². The molecular formula is C17H14ClNO3. The maximum atomic E-state index is 12.0. The van der Waals surface area contributed by atoms with Crippen LogP contribution in [0.3, 0.4) is 0 Å². The van der Waals surface area contributed by atoms with Gasteiger partial charge in [-0.05, 0) is 55.0 Å². The quantitative estimate of drug-likeness (QED) is 0.641. The van der Waals surface area contributed by atoms with Crippen LogP contribution >= 0.6 is 11.6 Å². The van der Waals surface area contributed by atoms with Crippen LogP contribution in [0.2, 0.25) is 5.02 Å². The van der Waals surface area contributed by atoms with Crippen molar-refractivity contribution in [2.45, 2.75) is 12.8 Å². The van der Waals surface area contributed by atoms with E-state index in [9.17, 15) is 9.59 Å². The van der Waals surface area contributed by atoms with Gasteiger partial charge in [0.2, 0.25) is 5.91 Å². The third-order valence-electron chi connectivity index (χ3n) is 3.51. The van der Waals surface area contributed by atoms with Gasteiger partial charge < -0.3 is 9.64 Å². The minimum Gasteiger partial charge on any atom is -0.423 e. The van der Waals surface area contributed by atoms with Crippen LogP contribution in [-0.2, 0) is 4.79 Å². The topological polar surface area (TPSA) is 46.6 Å². The first-order chi connectivity index (χ1) is 10.6. The number of hydrogen-bond acceptors (Lipinski definition) is 3. The zero-order chi connectivity index (χ0) is 15.5. The van der Waals surface area contributed by atoms with E-state index >= 15 is 0 Å². The number of carbonyl (C=O) groups is 2. The molecule has 2 aromatic rings. The Kier molecular flexibility index (Phi) is 4.11. The van der Waals surface area contributed by atoms with Crippen molar-refractivity contribution in [1.82, 2.24) is 0 Å². The molecule has 3 rings (SSSR count). The highest BCUT2D eigenvalue weighted by molar-refractivity contribution is 6.30. The molecule has 0 bridgehead atoms. The Hall–Kier alpha value is -2.33. The fourth-order valence-electron chi connectivity index (χ4n) is 2.37. The monoisotopic (exact) mass is 315 g/mol. The highest BCUT2D eigenvalue weighted by atomic mass is 35.5. The number of nitrogens with zero attached hydrogens (tertiary/aromatic N) is 1. The average molecular weight is 316 g/mol. The number of benzene rings is 2. The second-order valence-electron chi connectivity index (χ2n) is 5.04. The summed E-state index contributed by atoms with van der Waals surface area (Å²) in [5.74, 6) is 0.128. The lowest BCUT2D eigenvalue weighted by molar-refractivity contribution is -0.117. The van der Waals surface area contributed by atoms with Crippen LogP contribution in [0.4, 0.5) is 5.69 Å². The molecule has 0 saturated carbocycles. The van der Waals surface area contributed by atoms with Gasteiger partial charge >= 0.3 is 5.97 Å². The molecule has 4 nitrogen and oxygen atoms in total. The summed E-state index contributed by atoms with van der Waals surface area (Å²) in [7, 11) is 0. The molecule has 5 heteroatoms. The zero-order valence-corrected chi connectivity index (χ0v) is 12.5. The van der Waals surface area contributed by atoms with Gasteiger partial charge in [-0.15, -0.1) is 0 Å². The Balaban J connectivity index is 1.69. The van der Waals surface area contributed by atoms with Gasteiger partial charge in [-0.1, -0.05) is 11.6 Å². The van der Waals surface area contributed by atoms with Crippen LogP contribution in [0.15, 0.2) is 48.5 Å². The minimum atomic E-state index is -0.443. The van der Waals surface area contributed by atoms with Crippen LogP contribution in [0, 0.1) is 0 Å². The summed E-state index contributed by atoms with van der Waals surface area (Å²) in [4.78, 5) is 25.4. The SMILES string of the molecule is O=C(Oc1ccc(N2CCCC2=O)cc1)c1ccc(Cl)cc1. The van der Waals surface area contributed by atoms with E-state index < -0.39 is 5.97 Å². The van der Waals surface area contributed by atoms with Crippen molar-refractivity contribution in [3.63, 3.8) is 0 Å². The summed E-state index contributed by atoms with van der Waals surface area (Å²) in [5, 5.41) is 0.566. The fraction of sp³-hybridized carbons (Fsp3) is 0.176. The number of ether oxygens (including phenoxy) is 1. The molecule has 22 heavy (non-hydrogen) atoms. The Labute approximate surface area is 133 Å². The third-order valence-corrected chi connectivity index (χ3v) is 3.76. The molecule has 0 N–H and O–H groups in total. The highest BCUT2D eigenvalue weighted by Crippen LogP contribution is 2.24. The van der Waals surface area contributed by atoms with Gasteiger partial charge in [0.15, 0.2) is 0 Å². The highest BCUT2D eigenvalue weighted by Gasteiger charge is 2.21. The number of hydrogen-bond donors (Lipinski definition) is 0. The van der Waals surface area contributed by atoms with Gasteiger partial charge in [-0.25, -0.2) is 4.79 Å². The molecule has 1 heterocycles. The maximum Gasteiger partial charge on any atom is 0.343 e. The summed E-state index contributed by atoms with van der Waals surface area (Å²) in [5.41, 5.74) is 1.26. The molecule has 0 radical (unpaired) electrons. The summed E-state index contributed by atoms with van der Waals surface area (Å²) in [6.45, 7) is 0.739. The lowest BCUT2D eigenvalue weighted by Gasteiger charge is -2.15. The largest absolute Gasteiger partial charge is 0.423 e. The number of halogens is 1. The average Bonchev–Trinajstić information content (AvgIpc) is 2.95. The summed E-state index contributed by atoms with van der Waals surface area (Å²) in [6.07, 6.45) is 1.47. The first-order valence-electron chi connectivity index (χ1n) is 7.02. The van der Waals surface area contributed by atoms with Crippen LogP contribution in [-0.4, -0.2) is 18.4 Å². The standard InChI is InChI=1S/C17H14ClNO3/c18-13-5-3-12(4-6-13)17(21)22-15-9-7-14(8-10-15)19-11-1-2-16(19)20/h3-10H,1-2,11H2. The van der Waals surface area contributed by atoms with Crippen LogP contribution < -0.4 is 9.64 Å². The summed E-state index contributed by atoms with van der Waals surface area (Å²) < 4.78 is 5.30. The number of carbonyl (C=O) groups excluding carboxylic acids is 2. The number of rotatable bonds is 3. The van der Waals surface area contributed by atoms with Crippen LogP contribution in [0.25, 0.3) is 0 Å². The summed E-state index contributed by atoms with van der Waals surface area (Å²) >= 11 is 5.78. The van der Waals surface area contributed by atoms with Crippen molar-refractivity contribution < 1.29 is 14.3 Å². The van der Waals surface area contributed by atoms with Crippen LogP contribution in [0.1, 0.15) is 23.2 Å². The Bertz CT molecular complexity index is 695. The molecule has 0 unspecified atom stereocenters. The van der Waals surface area contributed by atoms with Crippen molar-refractivity contribution >= 4 is 29.2 Å². The van der Waals surface area contributed by atoms with Crippen molar-refractivity contribution in [2.24, 2.45) is 0 Å². The predicted octanol–water partition coefficient (Wildman–Crippen LogP) is 3.69. The Morgan fingerprint density at radius 1 is 1.05 bits per heavy atom. The first kappa shape index (κ1) is 14.6. The lowest BCUT2D eigenvalue weighted by Crippen LogP contribution is -2.23. The lowest BCUT2D eigenvalue weighted by atomic mass is 10.2. The van der Waals surface area contributed by atoms with E-state index in [2.05, 4.69) is 0 Å². The number of amides is 1. The second-order valence-corrected chi connectivity index (χ2v) is 5.48. The van der Waals surface area contributed by atoms with Crippen molar-refractivity contribution in [1.29, 1.82) is 0 Å². The zero-order valence-electron chi connectivity index (χ0n) is 11.8. The van der Waals surface area contributed by atoms with Gasteiger partial charge in [0.05, 0.1) is 5.56 Å². The third kappa shape index (κ3) is 3.12. The molecule has 1 aliphatic rings. The van der Waals surface area contributed by atoms with Crippen molar-refractivity contribution in [3.8, 4) is 5.75 Å². The molecule has 112 valence electrons. The normalized spacial score (nSPS) is 14.2. The molecule has 1 fully saturated rings. The summed E-state index contributed by atoms with van der Waals surface area (Å²) in [6, 6.07) is 13.5. The molecule has 1 amide bonds. The molecule has 0 aromatic heterocycles. The van der Waals surface area contributed by atoms with E-state index in [1.165, 1.54) is 0 Å². The second kappa shape index (κ2) is 6.20. The van der Waals surface area contributed by atoms with E-state index in [-0.39, 0.29) is 5.91 Å². The molecular weight excluding hydrogens is 302 g/mol. The number of esters is 1. The molecule has 1 aliphatic heterocycles. The van der Waals surface area contributed by atoms with Gasteiger partial charge in [-0.2, -0.15) is 0 Å². The molecule has 0 spiro atoms. The molecule has 0 aliphatic carbocycles. The van der Waals surface area contributed by atoms with E-state index in [1.54, 1.807) is 53.4 Å². The van der Waals surface area contributed by atoms with Crippen LogP contribution in [0.5, 0.6) is 5.75 Å². The van der Waals surface area contributed by atoms with Gasteiger partial charge in [0.1, 0.15) is 5.75 Å². The number of anilines is 1. The Morgan fingerprint density at radius 3 is 2.32 bits per heavy atom. The molecule has 1 saturated heterocycles. The predicted molar refractivity (Wildman–Crippen MR) is 84.4 cm³/mol. The molecule has 0 atom stereocenters.